The standard InChI is InChI=1S/C52H38N2O.C2H6/c1-52(2)48-14-8-6-12-44(48)45-30-29-43(33-49(45)52)53(40-25-18-37(19-26-40)36-10-4-3-5-11-36)41-27-20-38(21-28-41)39-22-31-51-47(32-39)46-13-7-9-15-50(46)54(51)42-23-16-35(34-55)17-24-42;1-2/h3-34H,1-2H3;1-2H3. The molecule has 1 aromatic heterocycles. The molecule has 0 saturated heterocycles. The van der Waals surface area contributed by atoms with Gasteiger partial charge in [0.2, 0.25) is 0 Å². The van der Waals surface area contributed by atoms with Crippen molar-refractivity contribution in [1.29, 1.82) is 0 Å². The molecule has 3 nitrogen and oxygen atoms in total. The van der Waals surface area contributed by atoms with Crippen LogP contribution in [0.3, 0.4) is 0 Å². The molecule has 0 amide bonds. The maximum atomic E-state index is 11.4. The van der Waals surface area contributed by atoms with Crippen LogP contribution in [-0.4, -0.2) is 10.9 Å². The first-order chi connectivity index (χ1) is 28.0. The van der Waals surface area contributed by atoms with E-state index in [0.717, 1.165) is 51.2 Å². The molecule has 0 aliphatic heterocycles. The second-order valence-electron chi connectivity index (χ2n) is 15.0. The van der Waals surface area contributed by atoms with Crippen molar-refractivity contribution in [3.63, 3.8) is 0 Å². The van der Waals surface area contributed by atoms with Gasteiger partial charge < -0.3 is 9.47 Å². The van der Waals surface area contributed by atoms with Crippen LogP contribution < -0.4 is 4.90 Å². The number of anilines is 3. The van der Waals surface area contributed by atoms with Crippen molar-refractivity contribution in [2.45, 2.75) is 33.1 Å². The molecule has 9 aromatic rings. The Morgan fingerprint density at radius 3 is 1.70 bits per heavy atom. The molecule has 0 fully saturated rings. The maximum Gasteiger partial charge on any atom is 0.150 e. The van der Waals surface area contributed by atoms with E-state index >= 15 is 0 Å². The summed E-state index contributed by atoms with van der Waals surface area (Å²) in [5.74, 6) is 0. The summed E-state index contributed by atoms with van der Waals surface area (Å²) in [7, 11) is 0. The number of para-hydroxylation sites is 1. The third-order valence-corrected chi connectivity index (χ3v) is 11.5. The zero-order valence-corrected chi connectivity index (χ0v) is 32.8. The van der Waals surface area contributed by atoms with Crippen molar-refractivity contribution in [2.75, 3.05) is 4.90 Å². The van der Waals surface area contributed by atoms with Gasteiger partial charge in [-0.15, -0.1) is 0 Å². The highest BCUT2D eigenvalue weighted by molar-refractivity contribution is 6.10. The minimum absolute atomic E-state index is 0.102. The first kappa shape index (κ1) is 35.7. The molecule has 0 saturated carbocycles. The molecule has 10 rings (SSSR count). The van der Waals surface area contributed by atoms with Gasteiger partial charge in [-0.1, -0.05) is 137 Å². The average Bonchev–Trinajstić information content (AvgIpc) is 3.73. The van der Waals surface area contributed by atoms with Crippen LogP contribution in [0.25, 0.3) is 60.9 Å². The highest BCUT2D eigenvalue weighted by atomic mass is 16.1. The van der Waals surface area contributed by atoms with Crippen LogP contribution in [0.1, 0.15) is 49.2 Å². The van der Waals surface area contributed by atoms with E-state index in [4.69, 9.17) is 0 Å². The van der Waals surface area contributed by atoms with Crippen molar-refractivity contribution in [3.05, 3.63) is 205 Å². The minimum Gasteiger partial charge on any atom is -0.310 e. The summed E-state index contributed by atoms with van der Waals surface area (Å²) in [6.45, 7) is 8.68. The van der Waals surface area contributed by atoms with Crippen LogP contribution in [-0.2, 0) is 5.41 Å². The molecule has 1 aliphatic carbocycles. The third kappa shape index (κ3) is 6.13. The van der Waals surface area contributed by atoms with Gasteiger partial charge >= 0.3 is 0 Å². The molecule has 0 spiro atoms. The zero-order chi connectivity index (χ0) is 39.1. The number of carbonyl (C=O) groups excluding carboxylic acids is 1. The molecular weight excluding hydrogens is 693 g/mol. The molecule has 0 radical (unpaired) electrons. The fourth-order valence-electron chi connectivity index (χ4n) is 8.65. The second-order valence-corrected chi connectivity index (χ2v) is 15.0. The quantitative estimate of drug-likeness (QED) is 0.152. The van der Waals surface area contributed by atoms with Crippen LogP contribution >= 0.6 is 0 Å². The number of aldehydes is 1. The lowest BCUT2D eigenvalue weighted by Crippen LogP contribution is -2.16. The van der Waals surface area contributed by atoms with Crippen molar-refractivity contribution in [2.24, 2.45) is 0 Å². The lowest BCUT2D eigenvalue weighted by molar-refractivity contribution is 0.112. The van der Waals surface area contributed by atoms with E-state index in [1.54, 1.807) is 0 Å². The van der Waals surface area contributed by atoms with Gasteiger partial charge in [0.25, 0.3) is 0 Å². The van der Waals surface area contributed by atoms with Gasteiger partial charge in [-0.3, -0.25) is 4.79 Å². The first-order valence-electron chi connectivity index (χ1n) is 19.9. The molecule has 8 aromatic carbocycles. The molecule has 276 valence electrons. The Labute approximate surface area is 335 Å². The van der Waals surface area contributed by atoms with Gasteiger partial charge in [0.1, 0.15) is 6.29 Å². The largest absolute Gasteiger partial charge is 0.310 e. The summed E-state index contributed by atoms with van der Waals surface area (Å²) in [4.78, 5) is 13.7. The number of hydrogen-bond acceptors (Lipinski definition) is 2. The summed E-state index contributed by atoms with van der Waals surface area (Å²) in [5.41, 5.74) is 17.3. The fraction of sp³-hybridized carbons (Fsp3) is 0.0926. The van der Waals surface area contributed by atoms with Crippen molar-refractivity contribution < 1.29 is 4.79 Å². The number of carbonyl (C=O) groups is 1. The Morgan fingerprint density at radius 2 is 1.00 bits per heavy atom. The van der Waals surface area contributed by atoms with Crippen molar-refractivity contribution >= 4 is 45.2 Å². The number of fused-ring (bicyclic) bond motifs is 6. The lowest BCUT2D eigenvalue weighted by Gasteiger charge is -2.28. The van der Waals surface area contributed by atoms with E-state index in [0.29, 0.717) is 5.56 Å². The van der Waals surface area contributed by atoms with Gasteiger partial charge in [0, 0.05) is 44.5 Å². The molecule has 57 heavy (non-hydrogen) atoms. The van der Waals surface area contributed by atoms with Crippen LogP contribution in [0.2, 0.25) is 0 Å². The van der Waals surface area contributed by atoms with Gasteiger partial charge in [-0.2, -0.15) is 0 Å². The second kappa shape index (κ2) is 14.6. The third-order valence-electron chi connectivity index (χ3n) is 11.5. The van der Waals surface area contributed by atoms with E-state index in [9.17, 15) is 4.79 Å². The maximum absolute atomic E-state index is 11.4. The highest BCUT2D eigenvalue weighted by Crippen LogP contribution is 2.50. The minimum atomic E-state index is -0.102. The molecule has 1 aliphatic rings. The van der Waals surface area contributed by atoms with E-state index in [1.165, 1.54) is 44.2 Å². The number of nitrogens with zero attached hydrogens (tertiary/aromatic N) is 2. The van der Waals surface area contributed by atoms with Crippen LogP contribution in [0.5, 0.6) is 0 Å². The lowest BCUT2D eigenvalue weighted by atomic mass is 9.82. The number of hydrogen-bond donors (Lipinski definition) is 0. The van der Waals surface area contributed by atoms with E-state index in [2.05, 4.69) is 187 Å². The summed E-state index contributed by atoms with van der Waals surface area (Å²) in [6, 6.07) is 67.3. The molecule has 0 bridgehead atoms. The number of benzene rings is 8. The summed E-state index contributed by atoms with van der Waals surface area (Å²) in [5, 5.41) is 2.39. The first-order valence-corrected chi connectivity index (χ1v) is 19.9. The molecule has 0 atom stereocenters. The topological polar surface area (TPSA) is 25.2 Å². The van der Waals surface area contributed by atoms with E-state index in [-0.39, 0.29) is 5.41 Å². The molecular formula is C54H44N2O. The zero-order valence-electron chi connectivity index (χ0n) is 32.8. The normalized spacial score (nSPS) is 12.4. The Hall–Kier alpha value is -6.97. The van der Waals surface area contributed by atoms with Gasteiger partial charge in [0.15, 0.2) is 0 Å². The smallest absolute Gasteiger partial charge is 0.150 e. The van der Waals surface area contributed by atoms with Crippen molar-refractivity contribution in [1.82, 2.24) is 4.57 Å². The molecule has 3 heteroatoms. The Balaban J connectivity index is 0.00000208. The predicted molar refractivity (Wildman–Crippen MR) is 241 cm³/mol. The van der Waals surface area contributed by atoms with E-state index < -0.39 is 0 Å². The van der Waals surface area contributed by atoms with Gasteiger partial charge in [-0.05, 0) is 123 Å². The van der Waals surface area contributed by atoms with Crippen molar-refractivity contribution in [3.8, 4) is 39.1 Å². The Morgan fingerprint density at radius 1 is 0.456 bits per heavy atom. The molecule has 0 N–H and O–H groups in total. The van der Waals surface area contributed by atoms with Gasteiger partial charge in [-0.25, -0.2) is 0 Å². The van der Waals surface area contributed by atoms with Crippen LogP contribution in [0.15, 0.2) is 188 Å². The monoisotopic (exact) mass is 736 g/mol. The summed E-state index contributed by atoms with van der Waals surface area (Å²) in [6.07, 6.45) is 0.889. The highest BCUT2D eigenvalue weighted by Gasteiger charge is 2.35. The van der Waals surface area contributed by atoms with Crippen LogP contribution in [0, 0.1) is 0 Å². The SMILES string of the molecule is CC.CC1(C)c2ccccc2-c2ccc(N(c3ccc(-c4ccccc4)cc3)c3ccc(-c4ccc5c(c4)c4ccccc4n5-c4ccc(C=O)cc4)cc3)cc21. The Bertz CT molecular complexity index is 2880. The number of aromatic nitrogens is 1. The Kier molecular flexibility index (Phi) is 9.15. The van der Waals surface area contributed by atoms with Crippen LogP contribution in [0.4, 0.5) is 17.1 Å². The average molecular weight is 737 g/mol. The summed E-state index contributed by atoms with van der Waals surface area (Å²) < 4.78 is 2.28. The molecule has 1 heterocycles. The van der Waals surface area contributed by atoms with E-state index in [1.807, 2.05) is 38.1 Å². The van der Waals surface area contributed by atoms with Gasteiger partial charge in [0.05, 0.1) is 11.0 Å². The number of rotatable bonds is 7. The molecule has 0 unspecified atom stereocenters. The summed E-state index contributed by atoms with van der Waals surface area (Å²) >= 11 is 0. The predicted octanol–water partition coefficient (Wildman–Crippen LogP) is 14.7. The fourth-order valence-corrected chi connectivity index (χ4v) is 8.65.